The van der Waals surface area contributed by atoms with Crippen molar-refractivity contribution in [2.75, 3.05) is 14.2 Å². The van der Waals surface area contributed by atoms with E-state index in [0.717, 1.165) is 11.1 Å². The average Bonchev–Trinajstić information content (AvgIpc) is 3.59. The Hall–Kier alpha value is -3.43. The van der Waals surface area contributed by atoms with Crippen LogP contribution in [0.5, 0.6) is 0 Å². The van der Waals surface area contributed by atoms with Gasteiger partial charge < -0.3 is 28.1 Å². The van der Waals surface area contributed by atoms with Gasteiger partial charge in [0.05, 0.1) is 14.2 Å². The first kappa shape index (κ1) is 24.3. The molecule has 2 fully saturated rings. The predicted octanol–water partition coefficient (Wildman–Crippen LogP) is 1.74. The molecule has 2 aliphatic heterocycles. The maximum Gasteiger partial charge on any atom is 0.495 e. The Bertz CT molecular complexity index is 1120. The first-order valence-electron chi connectivity index (χ1n) is 11.6. The lowest BCUT2D eigenvalue weighted by Crippen LogP contribution is -2.40. The third-order valence-electron chi connectivity index (χ3n) is 6.21. The standard InChI is InChI=1S/C26H24B2O8/c1-31-25(29)23-21(17-10-5-3-6-11-17)33-27(35-23)19-14-9-15-20(16-19)28-34-22(18-12-7-4-8-13-18)24(36-28)26(30)32-2/h3-16,21-24H,1-2H3/t21-,22-,23+,24+/m1/s1. The summed E-state index contributed by atoms with van der Waals surface area (Å²) in [4.78, 5) is 24.9. The molecule has 0 bridgehead atoms. The van der Waals surface area contributed by atoms with Gasteiger partial charge in [0, 0.05) is 0 Å². The van der Waals surface area contributed by atoms with Crippen LogP contribution in [-0.4, -0.2) is 52.6 Å². The van der Waals surface area contributed by atoms with E-state index >= 15 is 0 Å². The number of ether oxygens (including phenoxy) is 2. The van der Waals surface area contributed by atoms with Crippen LogP contribution in [0.2, 0.25) is 0 Å². The molecule has 3 aromatic rings. The highest BCUT2D eigenvalue weighted by Crippen LogP contribution is 2.33. The first-order valence-corrected chi connectivity index (χ1v) is 11.6. The zero-order valence-electron chi connectivity index (χ0n) is 19.8. The maximum absolute atomic E-state index is 12.4. The number of hydrogen-bond donors (Lipinski definition) is 0. The van der Waals surface area contributed by atoms with E-state index in [1.807, 2.05) is 84.9 Å². The lowest BCUT2D eigenvalue weighted by molar-refractivity contribution is -0.150. The predicted molar refractivity (Wildman–Crippen MR) is 132 cm³/mol. The van der Waals surface area contributed by atoms with Crippen LogP contribution in [0.15, 0.2) is 84.9 Å². The zero-order chi connectivity index (χ0) is 25.1. The first-order chi connectivity index (χ1) is 17.6. The third kappa shape index (κ3) is 4.81. The van der Waals surface area contributed by atoms with Crippen molar-refractivity contribution in [3.8, 4) is 0 Å². The van der Waals surface area contributed by atoms with Crippen LogP contribution >= 0.6 is 0 Å². The number of esters is 2. The van der Waals surface area contributed by atoms with E-state index in [2.05, 4.69) is 0 Å². The highest BCUT2D eigenvalue weighted by Gasteiger charge is 2.48. The fourth-order valence-electron chi connectivity index (χ4n) is 4.43. The second-order valence-electron chi connectivity index (χ2n) is 8.43. The summed E-state index contributed by atoms with van der Waals surface area (Å²) < 4.78 is 34.2. The summed E-state index contributed by atoms with van der Waals surface area (Å²) in [6, 6.07) is 26.1. The van der Waals surface area contributed by atoms with Crippen LogP contribution in [-0.2, 0) is 37.7 Å². The topological polar surface area (TPSA) is 89.5 Å². The molecule has 36 heavy (non-hydrogen) atoms. The van der Waals surface area contributed by atoms with Gasteiger partial charge in [-0.05, 0) is 22.1 Å². The molecule has 0 aliphatic carbocycles. The molecule has 0 N–H and O–H groups in total. The van der Waals surface area contributed by atoms with Crippen molar-refractivity contribution in [2.24, 2.45) is 0 Å². The highest BCUT2D eigenvalue weighted by molar-refractivity contribution is 6.66. The molecule has 0 radical (unpaired) electrons. The van der Waals surface area contributed by atoms with Crippen LogP contribution in [0.25, 0.3) is 0 Å². The van der Waals surface area contributed by atoms with Gasteiger partial charge in [0.15, 0.2) is 12.2 Å². The molecule has 8 nitrogen and oxygen atoms in total. The molecule has 182 valence electrons. The van der Waals surface area contributed by atoms with Gasteiger partial charge in [0.25, 0.3) is 0 Å². The van der Waals surface area contributed by atoms with Crippen LogP contribution in [0.1, 0.15) is 23.3 Å². The number of rotatable bonds is 6. The summed E-state index contributed by atoms with van der Waals surface area (Å²) in [5.41, 5.74) is 2.95. The van der Waals surface area contributed by atoms with E-state index in [9.17, 15) is 9.59 Å². The normalized spacial score (nSPS) is 23.5. The van der Waals surface area contributed by atoms with E-state index in [0.29, 0.717) is 10.9 Å². The van der Waals surface area contributed by atoms with Gasteiger partial charge in [0.1, 0.15) is 12.2 Å². The molecule has 0 saturated carbocycles. The van der Waals surface area contributed by atoms with Crippen molar-refractivity contribution >= 4 is 37.1 Å². The van der Waals surface area contributed by atoms with Crippen LogP contribution in [0.3, 0.4) is 0 Å². The average molecular weight is 486 g/mol. The van der Waals surface area contributed by atoms with Crippen molar-refractivity contribution in [3.05, 3.63) is 96.1 Å². The van der Waals surface area contributed by atoms with E-state index in [4.69, 9.17) is 28.1 Å². The summed E-state index contributed by atoms with van der Waals surface area (Å²) in [7, 11) is 0.998. The summed E-state index contributed by atoms with van der Waals surface area (Å²) >= 11 is 0. The lowest BCUT2D eigenvalue weighted by atomic mass is 9.72. The summed E-state index contributed by atoms with van der Waals surface area (Å²) in [5, 5.41) is 0. The molecule has 0 aromatic heterocycles. The Labute approximate surface area is 209 Å². The fourth-order valence-corrected chi connectivity index (χ4v) is 4.43. The Balaban J connectivity index is 1.39. The monoisotopic (exact) mass is 486 g/mol. The number of methoxy groups -OCH3 is 2. The van der Waals surface area contributed by atoms with E-state index in [1.165, 1.54) is 14.2 Å². The summed E-state index contributed by atoms with van der Waals surface area (Å²) in [5.74, 6) is -1.03. The van der Waals surface area contributed by atoms with Crippen molar-refractivity contribution in [1.82, 2.24) is 0 Å². The van der Waals surface area contributed by atoms with Gasteiger partial charge in [-0.2, -0.15) is 0 Å². The molecule has 3 aromatic carbocycles. The van der Waals surface area contributed by atoms with E-state index < -0.39 is 50.6 Å². The van der Waals surface area contributed by atoms with Gasteiger partial charge in [0.2, 0.25) is 0 Å². The molecule has 2 aliphatic rings. The Kier molecular flexibility index (Phi) is 7.20. The zero-order valence-corrected chi connectivity index (χ0v) is 19.8. The van der Waals surface area contributed by atoms with Crippen molar-refractivity contribution < 1.29 is 37.7 Å². The molecule has 2 saturated heterocycles. The maximum atomic E-state index is 12.4. The molecule has 5 rings (SSSR count). The van der Waals surface area contributed by atoms with Gasteiger partial charge in [-0.25, -0.2) is 9.59 Å². The van der Waals surface area contributed by atoms with E-state index in [-0.39, 0.29) is 0 Å². The Morgan fingerprint density at radius 1 is 0.611 bits per heavy atom. The van der Waals surface area contributed by atoms with Crippen molar-refractivity contribution in [1.29, 1.82) is 0 Å². The highest BCUT2D eigenvalue weighted by atomic mass is 16.7. The summed E-state index contributed by atoms with van der Waals surface area (Å²) in [6.45, 7) is 0. The number of carbonyl (C=O) groups excluding carboxylic acids is 2. The van der Waals surface area contributed by atoms with Crippen LogP contribution in [0.4, 0.5) is 0 Å². The SMILES string of the molecule is COC(=O)[C@H]1OB(c2cccc(B3O[C@H](C(=O)OC)[C@@H](c4ccccc4)O3)c2)O[C@@H]1c1ccccc1. The lowest BCUT2D eigenvalue weighted by Gasteiger charge is -2.16. The van der Waals surface area contributed by atoms with Crippen LogP contribution in [0, 0.1) is 0 Å². The molecule has 0 unspecified atom stereocenters. The molecular weight excluding hydrogens is 462 g/mol. The minimum absolute atomic E-state index is 0.517. The Morgan fingerprint density at radius 3 is 1.42 bits per heavy atom. The molecule has 0 amide bonds. The molecular formula is C26H24B2O8. The number of benzene rings is 3. The fraction of sp³-hybridized carbons (Fsp3) is 0.231. The van der Waals surface area contributed by atoms with Crippen molar-refractivity contribution in [2.45, 2.75) is 24.4 Å². The molecule has 0 spiro atoms. The minimum Gasteiger partial charge on any atom is -0.467 e. The molecule has 10 heteroatoms. The number of hydrogen-bond acceptors (Lipinski definition) is 8. The molecule has 2 heterocycles. The second kappa shape index (κ2) is 10.7. The largest absolute Gasteiger partial charge is 0.495 e. The van der Waals surface area contributed by atoms with E-state index in [1.54, 1.807) is 0 Å². The van der Waals surface area contributed by atoms with Gasteiger partial charge in [-0.15, -0.1) is 0 Å². The second-order valence-corrected chi connectivity index (χ2v) is 8.43. The molecule has 4 atom stereocenters. The smallest absolute Gasteiger partial charge is 0.467 e. The Morgan fingerprint density at radius 2 is 1.03 bits per heavy atom. The van der Waals surface area contributed by atoms with Crippen molar-refractivity contribution in [3.63, 3.8) is 0 Å². The van der Waals surface area contributed by atoms with Gasteiger partial charge in [-0.3, -0.25) is 0 Å². The number of carbonyl (C=O) groups is 2. The van der Waals surface area contributed by atoms with Gasteiger partial charge >= 0.3 is 26.2 Å². The summed E-state index contributed by atoms with van der Waals surface area (Å²) in [6.07, 6.45) is -3.10. The quantitative estimate of drug-likeness (QED) is 0.385. The van der Waals surface area contributed by atoms with Crippen LogP contribution < -0.4 is 10.9 Å². The third-order valence-corrected chi connectivity index (χ3v) is 6.21. The van der Waals surface area contributed by atoms with Gasteiger partial charge in [-0.1, -0.05) is 84.9 Å². The minimum atomic E-state index is -0.920.